The number of benzene rings is 3. The SMILES string of the molecule is O=CCN1C(c2ccccc2)=C(c2ccccc2)S(=O)(=O)c2ccccc21. The molecule has 4 nitrogen and oxygen atoms in total. The van der Waals surface area contributed by atoms with Crippen molar-refractivity contribution >= 4 is 32.4 Å². The van der Waals surface area contributed by atoms with Crippen LogP contribution in [0.4, 0.5) is 5.69 Å². The molecule has 0 saturated carbocycles. The summed E-state index contributed by atoms with van der Waals surface area (Å²) in [4.78, 5) is 13.7. The number of fused-ring (bicyclic) bond motifs is 1. The minimum absolute atomic E-state index is 0.0626. The van der Waals surface area contributed by atoms with Crippen molar-refractivity contribution < 1.29 is 13.2 Å². The van der Waals surface area contributed by atoms with Crippen LogP contribution in [-0.2, 0) is 14.6 Å². The number of para-hydroxylation sites is 1. The molecule has 0 unspecified atom stereocenters. The predicted molar refractivity (Wildman–Crippen MR) is 107 cm³/mol. The largest absolute Gasteiger partial charge is 0.332 e. The number of hydrogen-bond donors (Lipinski definition) is 0. The van der Waals surface area contributed by atoms with Crippen LogP contribution < -0.4 is 4.90 Å². The molecule has 5 heteroatoms. The van der Waals surface area contributed by atoms with Gasteiger partial charge < -0.3 is 9.69 Å². The van der Waals surface area contributed by atoms with Gasteiger partial charge in [-0.1, -0.05) is 72.8 Å². The fourth-order valence-corrected chi connectivity index (χ4v) is 5.28. The summed E-state index contributed by atoms with van der Waals surface area (Å²) < 4.78 is 27.1. The van der Waals surface area contributed by atoms with Crippen molar-refractivity contribution in [2.45, 2.75) is 4.90 Å². The maximum atomic E-state index is 13.6. The third-order valence-electron chi connectivity index (χ3n) is 4.54. The summed E-state index contributed by atoms with van der Waals surface area (Å²) in [7, 11) is -3.76. The van der Waals surface area contributed by atoms with Crippen LogP contribution in [0, 0.1) is 0 Å². The van der Waals surface area contributed by atoms with Gasteiger partial charge in [0.2, 0.25) is 9.84 Å². The van der Waals surface area contributed by atoms with Gasteiger partial charge >= 0.3 is 0 Å². The molecule has 0 saturated heterocycles. The van der Waals surface area contributed by atoms with E-state index in [4.69, 9.17) is 0 Å². The molecule has 1 heterocycles. The summed E-state index contributed by atoms with van der Waals surface area (Å²) in [6.07, 6.45) is 0.792. The number of rotatable bonds is 4. The first-order chi connectivity index (χ1) is 13.1. The normalized spacial score (nSPS) is 15.3. The second-order valence-electron chi connectivity index (χ2n) is 6.16. The van der Waals surface area contributed by atoms with Crippen LogP contribution in [-0.4, -0.2) is 21.2 Å². The molecule has 0 aliphatic carbocycles. The predicted octanol–water partition coefficient (Wildman–Crippen LogP) is 4.01. The van der Waals surface area contributed by atoms with Crippen LogP contribution in [0.1, 0.15) is 11.1 Å². The molecule has 1 aliphatic heterocycles. The standard InChI is InChI=1S/C22H17NO3S/c24-16-15-23-19-13-7-8-14-20(19)27(25,26)22(18-11-5-2-6-12-18)21(23)17-9-3-1-4-10-17/h1-14,16H,15H2. The lowest BCUT2D eigenvalue weighted by molar-refractivity contribution is -0.106. The van der Waals surface area contributed by atoms with E-state index in [1.165, 1.54) is 0 Å². The van der Waals surface area contributed by atoms with E-state index in [0.717, 1.165) is 11.8 Å². The zero-order chi connectivity index (χ0) is 18.9. The van der Waals surface area contributed by atoms with E-state index in [0.29, 0.717) is 16.9 Å². The summed E-state index contributed by atoms with van der Waals surface area (Å²) in [6.45, 7) is 0.0626. The summed E-state index contributed by atoms with van der Waals surface area (Å²) in [5.41, 5.74) is 2.38. The highest BCUT2D eigenvalue weighted by Gasteiger charge is 2.37. The van der Waals surface area contributed by atoms with Crippen molar-refractivity contribution in [2.24, 2.45) is 0 Å². The number of carbonyl (C=O) groups is 1. The average Bonchev–Trinajstić information content (AvgIpc) is 2.71. The van der Waals surface area contributed by atoms with Gasteiger partial charge in [0.25, 0.3) is 0 Å². The van der Waals surface area contributed by atoms with Gasteiger partial charge in [-0.05, 0) is 23.3 Å². The second-order valence-corrected chi connectivity index (χ2v) is 8.01. The van der Waals surface area contributed by atoms with Crippen molar-refractivity contribution in [3.8, 4) is 0 Å². The molecule has 3 aromatic carbocycles. The smallest absolute Gasteiger partial charge is 0.211 e. The topological polar surface area (TPSA) is 54.5 Å². The first-order valence-corrected chi connectivity index (χ1v) is 10.0. The number of hydrogen-bond acceptors (Lipinski definition) is 4. The van der Waals surface area contributed by atoms with Crippen LogP contribution in [0.3, 0.4) is 0 Å². The Labute approximate surface area is 158 Å². The second kappa shape index (κ2) is 6.85. The molecule has 4 rings (SSSR count). The zero-order valence-corrected chi connectivity index (χ0v) is 15.3. The Morgan fingerprint density at radius 3 is 1.93 bits per heavy atom. The Bertz CT molecular complexity index is 1120. The first-order valence-electron chi connectivity index (χ1n) is 8.55. The monoisotopic (exact) mass is 375 g/mol. The molecular formula is C22H17NO3S. The zero-order valence-electron chi connectivity index (χ0n) is 14.4. The van der Waals surface area contributed by atoms with Gasteiger partial charge in [0, 0.05) is 0 Å². The maximum absolute atomic E-state index is 13.6. The first kappa shape index (κ1) is 17.2. The molecule has 3 aromatic rings. The Morgan fingerprint density at radius 2 is 1.30 bits per heavy atom. The van der Waals surface area contributed by atoms with Crippen LogP contribution in [0.25, 0.3) is 10.6 Å². The lowest BCUT2D eigenvalue weighted by Gasteiger charge is -2.34. The van der Waals surface area contributed by atoms with Crippen LogP contribution in [0.15, 0.2) is 89.8 Å². The van der Waals surface area contributed by atoms with Gasteiger partial charge in [-0.2, -0.15) is 0 Å². The van der Waals surface area contributed by atoms with E-state index in [1.54, 1.807) is 41.3 Å². The third kappa shape index (κ3) is 2.86. The molecule has 0 spiro atoms. The minimum atomic E-state index is -3.76. The highest BCUT2D eigenvalue weighted by Crippen LogP contribution is 2.46. The summed E-state index contributed by atoms with van der Waals surface area (Å²) in [5.74, 6) is 0. The van der Waals surface area contributed by atoms with Crippen molar-refractivity contribution in [3.63, 3.8) is 0 Å². The average molecular weight is 375 g/mol. The minimum Gasteiger partial charge on any atom is -0.332 e. The van der Waals surface area contributed by atoms with E-state index in [1.807, 2.05) is 48.5 Å². The van der Waals surface area contributed by atoms with Crippen molar-refractivity contribution in [1.82, 2.24) is 0 Å². The number of sulfone groups is 1. The number of aldehydes is 1. The van der Waals surface area contributed by atoms with Crippen molar-refractivity contribution in [2.75, 3.05) is 11.4 Å². The molecule has 0 fully saturated rings. The summed E-state index contributed by atoms with van der Waals surface area (Å²) in [6, 6.07) is 25.2. The molecule has 0 amide bonds. The maximum Gasteiger partial charge on any atom is 0.211 e. The third-order valence-corrected chi connectivity index (χ3v) is 6.43. The van der Waals surface area contributed by atoms with Crippen molar-refractivity contribution in [1.29, 1.82) is 0 Å². The molecule has 0 bridgehead atoms. The van der Waals surface area contributed by atoms with Crippen LogP contribution >= 0.6 is 0 Å². The number of carbonyl (C=O) groups excluding carboxylic acids is 1. The Morgan fingerprint density at radius 1 is 0.741 bits per heavy atom. The quantitative estimate of drug-likeness (QED) is 0.647. The van der Waals surface area contributed by atoms with E-state index < -0.39 is 9.84 Å². The van der Waals surface area contributed by atoms with Gasteiger partial charge in [-0.3, -0.25) is 0 Å². The van der Waals surface area contributed by atoms with Crippen molar-refractivity contribution in [3.05, 3.63) is 96.1 Å². The van der Waals surface area contributed by atoms with Gasteiger partial charge in [0.05, 0.1) is 22.8 Å². The molecule has 134 valence electrons. The molecule has 27 heavy (non-hydrogen) atoms. The lowest BCUT2D eigenvalue weighted by atomic mass is 10.1. The molecule has 0 atom stereocenters. The van der Waals surface area contributed by atoms with E-state index in [-0.39, 0.29) is 16.3 Å². The van der Waals surface area contributed by atoms with E-state index in [9.17, 15) is 13.2 Å². The summed E-state index contributed by atoms with van der Waals surface area (Å²) >= 11 is 0. The lowest BCUT2D eigenvalue weighted by Crippen LogP contribution is -2.31. The Kier molecular flexibility index (Phi) is 4.38. The molecule has 0 N–H and O–H groups in total. The fourth-order valence-electron chi connectivity index (χ4n) is 3.42. The highest BCUT2D eigenvalue weighted by molar-refractivity contribution is 8.01. The molecule has 0 radical (unpaired) electrons. The van der Waals surface area contributed by atoms with Gasteiger partial charge in [-0.25, -0.2) is 8.42 Å². The number of anilines is 1. The fraction of sp³-hybridized carbons (Fsp3) is 0.0455. The van der Waals surface area contributed by atoms with Crippen LogP contribution in [0.2, 0.25) is 0 Å². The van der Waals surface area contributed by atoms with E-state index in [2.05, 4.69) is 0 Å². The van der Waals surface area contributed by atoms with Crippen LogP contribution in [0.5, 0.6) is 0 Å². The van der Waals surface area contributed by atoms with Gasteiger partial charge in [0.15, 0.2) is 0 Å². The van der Waals surface area contributed by atoms with Gasteiger partial charge in [-0.15, -0.1) is 0 Å². The molecule has 0 aromatic heterocycles. The molecule has 1 aliphatic rings. The highest BCUT2D eigenvalue weighted by atomic mass is 32.2. The van der Waals surface area contributed by atoms with Gasteiger partial charge in [0.1, 0.15) is 11.2 Å². The summed E-state index contributed by atoms with van der Waals surface area (Å²) in [5, 5.41) is 0. The Balaban J connectivity index is 2.14. The number of nitrogens with zero attached hydrogens (tertiary/aromatic N) is 1. The molecular weight excluding hydrogens is 358 g/mol. The van der Waals surface area contributed by atoms with E-state index >= 15 is 0 Å². The Hall–Kier alpha value is -3.18.